The Balaban J connectivity index is 1.99. The van der Waals surface area contributed by atoms with E-state index in [0.717, 1.165) is 26.5 Å². The normalized spacial score (nSPS) is 12.5. The average Bonchev–Trinajstić information content (AvgIpc) is 2.48. The second-order valence-electron chi connectivity index (χ2n) is 4.51. The summed E-state index contributed by atoms with van der Waals surface area (Å²) in [6, 6.07) is 11.9. The lowest BCUT2D eigenvalue weighted by atomic mass is 10.1. The highest BCUT2D eigenvalue weighted by Crippen LogP contribution is 2.30. The van der Waals surface area contributed by atoms with Gasteiger partial charge >= 0.3 is 0 Å². The van der Waals surface area contributed by atoms with E-state index in [9.17, 15) is 0 Å². The van der Waals surface area contributed by atoms with Crippen molar-refractivity contribution in [2.75, 3.05) is 0 Å². The summed E-state index contributed by atoms with van der Waals surface area (Å²) in [4.78, 5) is 13.0. The van der Waals surface area contributed by atoms with Crippen molar-refractivity contribution in [1.29, 1.82) is 0 Å². The SMILES string of the molecule is CC(N)c1ccnc(Sc2ncnc3ccccc23)c1. The van der Waals surface area contributed by atoms with Crippen molar-refractivity contribution in [1.82, 2.24) is 15.0 Å². The van der Waals surface area contributed by atoms with Gasteiger partial charge in [0.1, 0.15) is 16.4 Å². The Morgan fingerprint density at radius 1 is 1.10 bits per heavy atom. The molecule has 1 aromatic carbocycles. The highest BCUT2D eigenvalue weighted by atomic mass is 32.2. The maximum atomic E-state index is 5.90. The van der Waals surface area contributed by atoms with Gasteiger partial charge in [0.25, 0.3) is 0 Å². The molecule has 0 aliphatic rings. The Bertz CT molecular complexity index is 737. The molecule has 0 saturated heterocycles. The predicted molar refractivity (Wildman–Crippen MR) is 80.5 cm³/mol. The summed E-state index contributed by atoms with van der Waals surface area (Å²) >= 11 is 1.53. The van der Waals surface area contributed by atoms with E-state index >= 15 is 0 Å². The number of nitrogens with two attached hydrogens (primary N) is 1. The number of hydrogen-bond donors (Lipinski definition) is 1. The fourth-order valence-electron chi connectivity index (χ4n) is 1.92. The molecule has 3 rings (SSSR count). The number of nitrogens with zero attached hydrogens (tertiary/aromatic N) is 3. The van der Waals surface area contributed by atoms with Crippen LogP contribution in [0.3, 0.4) is 0 Å². The summed E-state index contributed by atoms with van der Waals surface area (Å²) in [5.41, 5.74) is 7.91. The van der Waals surface area contributed by atoms with Gasteiger partial charge in [-0.15, -0.1) is 0 Å². The van der Waals surface area contributed by atoms with Gasteiger partial charge in [0.05, 0.1) is 5.52 Å². The third-order valence-corrected chi connectivity index (χ3v) is 3.94. The number of para-hydroxylation sites is 1. The molecule has 0 saturated carbocycles. The molecule has 2 aromatic heterocycles. The maximum Gasteiger partial charge on any atom is 0.117 e. The standard InChI is InChI=1S/C15H14N4S/c1-10(16)11-6-7-17-14(8-11)20-15-12-4-2-3-5-13(12)18-9-19-15/h2-10H,16H2,1H3. The van der Waals surface area contributed by atoms with Gasteiger partial charge in [0.15, 0.2) is 0 Å². The Labute approximate surface area is 121 Å². The summed E-state index contributed by atoms with van der Waals surface area (Å²) in [7, 11) is 0. The molecule has 0 bridgehead atoms. The van der Waals surface area contributed by atoms with Crippen molar-refractivity contribution in [3.8, 4) is 0 Å². The van der Waals surface area contributed by atoms with Crippen LogP contribution in [0.4, 0.5) is 0 Å². The lowest BCUT2D eigenvalue weighted by Crippen LogP contribution is -2.05. The van der Waals surface area contributed by atoms with Crippen LogP contribution in [0.25, 0.3) is 10.9 Å². The molecule has 3 aromatic rings. The minimum atomic E-state index is -0.000469. The fraction of sp³-hybridized carbons (Fsp3) is 0.133. The maximum absolute atomic E-state index is 5.90. The molecule has 0 amide bonds. The number of hydrogen-bond acceptors (Lipinski definition) is 5. The zero-order valence-electron chi connectivity index (χ0n) is 11.0. The van der Waals surface area contributed by atoms with Crippen molar-refractivity contribution >= 4 is 22.7 Å². The first kappa shape index (κ1) is 13.0. The summed E-state index contributed by atoms with van der Waals surface area (Å²) < 4.78 is 0. The molecular formula is C15H14N4S. The molecular weight excluding hydrogens is 268 g/mol. The number of fused-ring (bicyclic) bond motifs is 1. The Morgan fingerprint density at radius 3 is 2.80 bits per heavy atom. The Morgan fingerprint density at radius 2 is 1.95 bits per heavy atom. The molecule has 4 nitrogen and oxygen atoms in total. The van der Waals surface area contributed by atoms with Crippen molar-refractivity contribution in [3.63, 3.8) is 0 Å². The van der Waals surface area contributed by atoms with Crippen LogP contribution in [-0.4, -0.2) is 15.0 Å². The van der Waals surface area contributed by atoms with Crippen molar-refractivity contribution in [2.45, 2.75) is 23.0 Å². The molecule has 1 unspecified atom stereocenters. The third kappa shape index (κ3) is 2.64. The van der Waals surface area contributed by atoms with E-state index in [2.05, 4.69) is 15.0 Å². The molecule has 100 valence electrons. The monoisotopic (exact) mass is 282 g/mol. The van der Waals surface area contributed by atoms with E-state index in [1.165, 1.54) is 11.8 Å². The average molecular weight is 282 g/mol. The lowest BCUT2D eigenvalue weighted by molar-refractivity contribution is 0.808. The highest BCUT2D eigenvalue weighted by molar-refractivity contribution is 7.99. The van der Waals surface area contributed by atoms with E-state index in [1.54, 1.807) is 12.5 Å². The zero-order valence-corrected chi connectivity index (χ0v) is 11.8. The second kappa shape index (κ2) is 5.56. The Hall–Kier alpha value is -1.98. The minimum Gasteiger partial charge on any atom is -0.324 e. The smallest absolute Gasteiger partial charge is 0.117 e. The molecule has 2 N–H and O–H groups in total. The molecule has 0 radical (unpaired) electrons. The molecule has 20 heavy (non-hydrogen) atoms. The summed E-state index contributed by atoms with van der Waals surface area (Å²) in [5, 5.41) is 2.83. The lowest BCUT2D eigenvalue weighted by Gasteiger charge is -2.07. The van der Waals surface area contributed by atoms with Crippen LogP contribution in [0.1, 0.15) is 18.5 Å². The van der Waals surface area contributed by atoms with Crippen molar-refractivity contribution in [3.05, 3.63) is 54.5 Å². The zero-order chi connectivity index (χ0) is 13.9. The first-order valence-corrected chi connectivity index (χ1v) is 7.15. The molecule has 0 spiro atoms. The molecule has 0 fully saturated rings. The van der Waals surface area contributed by atoms with Gasteiger partial charge in [-0.25, -0.2) is 15.0 Å². The van der Waals surface area contributed by atoms with Crippen LogP contribution in [0.5, 0.6) is 0 Å². The summed E-state index contributed by atoms with van der Waals surface area (Å²) in [6.07, 6.45) is 3.37. The van der Waals surface area contributed by atoms with Gasteiger partial charge in [-0.05, 0) is 42.4 Å². The van der Waals surface area contributed by atoms with Crippen LogP contribution >= 0.6 is 11.8 Å². The van der Waals surface area contributed by atoms with E-state index in [4.69, 9.17) is 5.73 Å². The van der Waals surface area contributed by atoms with Gasteiger partial charge in [-0.2, -0.15) is 0 Å². The predicted octanol–water partition coefficient (Wildman–Crippen LogP) is 3.20. The van der Waals surface area contributed by atoms with Crippen LogP contribution in [0, 0.1) is 0 Å². The second-order valence-corrected chi connectivity index (χ2v) is 5.52. The fourth-order valence-corrected chi connectivity index (χ4v) is 2.81. The first-order valence-electron chi connectivity index (χ1n) is 6.33. The van der Waals surface area contributed by atoms with E-state index < -0.39 is 0 Å². The van der Waals surface area contributed by atoms with E-state index in [1.807, 2.05) is 43.3 Å². The van der Waals surface area contributed by atoms with E-state index in [-0.39, 0.29) is 6.04 Å². The van der Waals surface area contributed by atoms with Crippen LogP contribution in [-0.2, 0) is 0 Å². The molecule has 5 heteroatoms. The van der Waals surface area contributed by atoms with Crippen LogP contribution in [0.2, 0.25) is 0 Å². The Kier molecular flexibility index (Phi) is 3.62. The van der Waals surface area contributed by atoms with Gasteiger partial charge in [0, 0.05) is 17.6 Å². The molecule has 0 aliphatic heterocycles. The van der Waals surface area contributed by atoms with Crippen LogP contribution in [0.15, 0.2) is 59.0 Å². The minimum absolute atomic E-state index is 0.000469. The van der Waals surface area contributed by atoms with E-state index in [0.29, 0.717) is 0 Å². The number of rotatable bonds is 3. The van der Waals surface area contributed by atoms with Crippen molar-refractivity contribution in [2.24, 2.45) is 5.73 Å². The number of pyridine rings is 1. The first-order chi connectivity index (χ1) is 9.74. The third-order valence-electron chi connectivity index (χ3n) is 2.99. The van der Waals surface area contributed by atoms with Gasteiger partial charge in [0.2, 0.25) is 0 Å². The van der Waals surface area contributed by atoms with Gasteiger partial charge in [-0.1, -0.05) is 18.2 Å². The van der Waals surface area contributed by atoms with Gasteiger partial charge < -0.3 is 5.73 Å². The summed E-state index contributed by atoms with van der Waals surface area (Å²) in [6.45, 7) is 1.96. The van der Waals surface area contributed by atoms with Crippen LogP contribution < -0.4 is 5.73 Å². The quantitative estimate of drug-likeness (QED) is 0.747. The largest absolute Gasteiger partial charge is 0.324 e. The highest BCUT2D eigenvalue weighted by Gasteiger charge is 2.07. The molecule has 2 heterocycles. The summed E-state index contributed by atoms with van der Waals surface area (Å²) in [5.74, 6) is 0. The molecule has 1 atom stereocenters. The number of aromatic nitrogens is 3. The van der Waals surface area contributed by atoms with Crippen molar-refractivity contribution < 1.29 is 0 Å². The topological polar surface area (TPSA) is 64.7 Å². The molecule has 0 aliphatic carbocycles. The number of benzene rings is 1. The van der Waals surface area contributed by atoms with Gasteiger partial charge in [-0.3, -0.25) is 0 Å².